The van der Waals surface area contributed by atoms with Crippen LogP contribution in [0.3, 0.4) is 0 Å². The van der Waals surface area contributed by atoms with Crippen LogP contribution in [-0.2, 0) is 9.84 Å². The van der Waals surface area contributed by atoms with Crippen molar-refractivity contribution < 1.29 is 8.42 Å². The van der Waals surface area contributed by atoms with Crippen LogP contribution in [0.25, 0.3) is 0 Å². The van der Waals surface area contributed by atoms with Crippen LogP contribution in [-0.4, -0.2) is 48.5 Å². The van der Waals surface area contributed by atoms with Crippen LogP contribution in [0.5, 0.6) is 0 Å². The third kappa shape index (κ3) is 4.30. The molecule has 0 amide bonds. The third-order valence-electron chi connectivity index (χ3n) is 3.44. The predicted molar refractivity (Wildman–Crippen MR) is 85.6 cm³/mol. The number of anilines is 2. The summed E-state index contributed by atoms with van der Waals surface area (Å²) in [6, 6.07) is 1.88. The molecule has 1 fully saturated rings. The van der Waals surface area contributed by atoms with Gasteiger partial charge in [0.2, 0.25) is 5.95 Å². The zero-order chi connectivity index (χ0) is 15.8. The number of nitrogens with one attached hydrogen (secondary N) is 1. The van der Waals surface area contributed by atoms with Crippen LogP contribution in [0.2, 0.25) is 0 Å². The molecule has 0 aromatic carbocycles. The fourth-order valence-electron chi connectivity index (χ4n) is 2.39. The van der Waals surface area contributed by atoms with Gasteiger partial charge in [-0.05, 0) is 34.1 Å². The first-order valence-corrected chi connectivity index (χ1v) is 8.95. The molecule has 1 aromatic heterocycles. The lowest BCUT2D eigenvalue weighted by Gasteiger charge is -2.26. The summed E-state index contributed by atoms with van der Waals surface area (Å²) in [6.07, 6.45) is 0.657. The number of sulfone groups is 1. The fourth-order valence-corrected chi connectivity index (χ4v) is 4.17. The summed E-state index contributed by atoms with van der Waals surface area (Å²) < 4.78 is 23.3. The maximum absolute atomic E-state index is 11.6. The summed E-state index contributed by atoms with van der Waals surface area (Å²) in [6.45, 7) is 8.06. The minimum Gasteiger partial charge on any atom is -0.355 e. The van der Waals surface area contributed by atoms with Crippen molar-refractivity contribution in [2.45, 2.75) is 45.7 Å². The van der Waals surface area contributed by atoms with E-state index in [0.29, 0.717) is 12.4 Å². The Kier molecular flexibility index (Phi) is 4.15. The highest BCUT2D eigenvalue weighted by atomic mass is 32.2. The van der Waals surface area contributed by atoms with E-state index in [1.54, 1.807) is 0 Å². The molecule has 0 radical (unpaired) electrons. The molecule has 21 heavy (non-hydrogen) atoms. The van der Waals surface area contributed by atoms with Gasteiger partial charge in [0, 0.05) is 30.4 Å². The fraction of sp³-hybridized carbons (Fsp3) is 0.714. The third-order valence-corrected chi connectivity index (χ3v) is 5.20. The van der Waals surface area contributed by atoms with Crippen molar-refractivity contribution in [2.24, 2.45) is 0 Å². The number of aromatic nitrogens is 2. The summed E-state index contributed by atoms with van der Waals surface area (Å²) in [7, 11) is -1.00. The molecule has 2 rings (SSSR count). The van der Waals surface area contributed by atoms with Gasteiger partial charge >= 0.3 is 0 Å². The Morgan fingerprint density at radius 2 is 2.00 bits per heavy atom. The molecule has 1 N–H and O–H groups in total. The number of hydrogen-bond donors (Lipinski definition) is 1. The van der Waals surface area contributed by atoms with E-state index in [9.17, 15) is 8.42 Å². The molecule has 0 aliphatic carbocycles. The van der Waals surface area contributed by atoms with Gasteiger partial charge in [-0.15, -0.1) is 0 Å². The lowest BCUT2D eigenvalue weighted by Crippen LogP contribution is -2.34. The molecule has 1 aromatic rings. The van der Waals surface area contributed by atoms with Gasteiger partial charge in [-0.1, -0.05) is 0 Å². The van der Waals surface area contributed by atoms with Gasteiger partial charge in [0.05, 0.1) is 11.5 Å². The predicted octanol–water partition coefficient (Wildman–Crippen LogP) is 1.62. The molecule has 0 spiro atoms. The van der Waals surface area contributed by atoms with E-state index in [-0.39, 0.29) is 23.1 Å². The van der Waals surface area contributed by atoms with E-state index >= 15 is 0 Å². The van der Waals surface area contributed by atoms with Crippen molar-refractivity contribution in [3.63, 3.8) is 0 Å². The summed E-state index contributed by atoms with van der Waals surface area (Å²) in [4.78, 5) is 10.9. The van der Waals surface area contributed by atoms with Gasteiger partial charge in [-0.2, -0.15) is 4.98 Å². The Balaban J connectivity index is 2.23. The molecule has 1 aliphatic rings. The highest BCUT2D eigenvalue weighted by Gasteiger charge is 2.31. The van der Waals surface area contributed by atoms with Crippen LogP contribution >= 0.6 is 0 Å². The Labute approximate surface area is 126 Å². The molecule has 1 aliphatic heterocycles. The van der Waals surface area contributed by atoms with Crippen molar-refractivity contribution in [1.82, 2.24) is 9.97 Å². The average Bonchev–Trinajstić information content (AvgIpc) is 2.65. The monoisotopic (exact) mass is 312 g/mol. The second-order valence-electron chi connectivity index (χ2n) is 6.73. The zero-order valence-corrected chi connectivity index (χ0v) is 14.2. The van der Waals surface area contributed by atoms with Gasteiger partial charge in [0.1, 0.15) is 5.82 Å². The first kappa shape index (κ1) is 16.0. The minimum absolute atomic E-state index is 0.00760. The molecule has 7 heteroatoms. The van der Waals surface area contributed by atoms with Crippen LogP contribution in [0.15, 0.2) is 6.07 Å². The van der Waals surface area contributed by atoms with Crippen molar-refractivity contribution in [3.05, 3.63) is 11.8 Å². The first-order chi connectivity index (χ1) is 9.56. The van der Waals surface area contributed by atoms with Crippen LogP contribution < -0.4 is 10.2 Å². The van der Waals surface area contributed by atoms with E-state index in [4.69, 9.17) is 0 Å². The molecule has 1 atom stereocenters. The average molecular weight is 312 g/mol. The Morgan fingerprint density at radius 3 is 2.52 bits per heavy atom. The van der Waals surface area contributed by atoms with Crippen molar-refractivity contribution in [3.8, 4) is 0 Å². The van der Waals surface area contributed by atoms with Crippen LogP contribution in [0.1, 0.15) is 32.9 Å². The topological polar surface area (TPSA) is 75.2 Å². The lowest BCUT2D eigenvalue weighted by atomic mass is 10.1. The van der Waals surface area contributed by atoms with E-state index in [1.807, 2.05) is 45.7 Å². The smallest absolute Gasteiger partial charge is 0.225 e. The highest BCUT2D eigenvalue weighted by molar-refractivity contribution is 7.91. The van der Waals surface area contributed by atoms with Gasteiger partial charge in [0.25, 0.3) is 0 Å². The maximum atomic E-state index is 11.6. The van der Waals surface area contributed by atoms with E-state index in [2.05, 4.69) is 15.3 Å². The van der Waals surface area contributed by atoms with E-state index < -0.39 is 9.84 Å². The highest BCUT2D eigenvalue weighted by Crippen LogP contribution is 2.23. The molecule has 118 valence electrons. The Morgan fingerprint density at radius 1 is 1.33 bits per heavy atom. The Bertz CT molecular complexity index is 622. The maximum Gasteiger partial charge on any atom is 0.225 e. The second kappa shape index (κ2) is 5.44. The van der Waals surface area contributed by atoms with Gasteiger partial charge < -0.3 is 10.2 Å². The largest absolute Gasteiger partial charge is 0.355 e. The van der Waals surface area contributed by atoms with E-state index in [1.165, 1.54) is 0 Å². The number of rotatable bonds is 3. The standard InChI is InChI=1S/C14H24N4O2S/c1-10-8-12(16-13(15-10)17-14(2,3)4)18(5)11-6-7-21(19,20)9-11/h8,11H,6-7,9H2,1-5H3,(H,15,16,17). The quantitative estimate of drug-likeness (QED) is 0.914. The molecule has 1 saturated heterocycles. The molecular weight excluding hydrogens is 288 g/mol. The normalized spacial score (nSPS) is 21.3. The number of hydrogen-bond acceptors (Lipinski definition) is 6. The zero-order valence-electron chi connectivity index (χ0n) is 13.3. The summed E-state index contributed by atoms with van der Waals surface area (Å²) in [5, 5.41) is 3.26. The first-order valence-electron chi connectivity index (χ1n) is 7.13. The number of aryl methyl sites for hydroxylation is 1. The molecule has 6 nitrogen and oxygen atoms in total. The molecule has 0 bridgehead atoms. The molecule has 0 saturated carbocycles. The van der Waals surface area contributed by atoms with Crippen molar-refractivity contribution in [1.29, 1.82) is 0 Å². The SMILES string of the molecule is Cc1cc(N(C)C2CCS(=O)(=O)C2)nc(NC(C)(C)C)n1. The molecule has 2 heterocycles. The Hall–Kier alpha value is -1.37. The molecular formula is C14H24N4O2S. The van der Waals surface area contributed by atoms with Crippen LogP contribution in [0.4, 0.5) is 11.8 Å². The summed E-state index contributed by atoms with van der Waals surface area (Å²) in [5.74, 6) is 1.80. The van der Waals surface area contributed by atoms with E-state index in [0.717, 1.165) is 11.5 Å². The number of nitrogens with zero attached hydrogens (tertiary/aromatic N) is 3. The van der Waals surface area contributed by atoms with Gasteiger partial charge in [-0.3, -0.25) is 0 Å². The van der Waals surface area contributed by atoms with Crippen molar-refractivity contribution >= 4 is 21.6 Å². The second-order valence-corrected chi connectivity index (χ2v) is 8.96. The van der Waals surface area contributed by atoms with Crippen LogP contribution in [0, 0.1) is 6.92 Å². The molecule has 1 unspecified atom stereocenters. The lowest BCUT2D eigenvalue weighted by molar-refractivity contribution is 0.600. The van der Waals surface area contributed by atoms with Gasteiger partial charge in [-0.25, -0.2) is 13.4 Å². The summed E-state index contributed by atoms with van der Waals surface area (Å²) >= 11 is 0. The minimum atomic E-state index is -2.90. The van der Waals surface area contributed by atoms with Crippen molar-refractivity contribution in [2.75, 3.05) is 28.8 Å². The summed E-state index contributed by atoms with van der Waals surface area (Å²) in [5.41, 5.74) is 0.736. The van der Waals surface area contributed by atoms with Gasteiger partial charge in [0.15, 0.2) is 9.84 Å².